The first-order chi connectivity index (χ1) is 11.3. The summed E-state index contributed by atoms with van der Waals surface area (Å²) in [5, 5.41) is 14.3. The highest BCUT2D eigenvalue weighted by atomic mass is 16.5. The Hall–Kier alpha value is -3.15. The lowest BCUT2D eigenvalue weighted by Gasteiger charge is -2.10. The molecular weight excluding hydrogens is 290 g/mol. The maximum Gasteiger partial charge on any atom is 0.244 e. The molecule has 0 saturated heterocycles. The summed E-state index contributed by atoms with van der Waals surface area (Å²) < 4.78 is 5.33. The van der Waals surface area contributed by atoms with E-state index in [0.29, 0.717) is 18.3 Å². The van der Waals surface area contributed by atoms with Crippen LogP contribution in [0.2, 0.25) is 0 Å². The minimum atomic E-state index is 0.455. The molecule has 3 aromatic rings. The molecule has 2 aromatic carbocycles. The van der Waals surface area contributed by atoms with Gasteiger partial charge in [-0.15, -0.1) is 5.10 Å². The summed E-state index contributed by atoms with van der Waals surface area (Å²) in [7, 11) is 1.65. The number of ether oxygens (including phenoxy) is 1. The molecule has 0 bridgehead atoms. The van der Waals surface area contributed by atoms with Gasteiger partial charge in [-0.3, -0.25) is 0 Å². The fourth-order valence-corrected chi connectivity index (χ4v) is 2.13. The first-order valence-corrected chi connectivity index (χ1v) is 7.23. The highest BCUT2D eigenvalue weighted by molar-refractivity contribution is 5.55. The number of methoxy groups -OCH3 is 1. The number of nitrogens with one attached hydrogen (secondary N) is 2. The second kappa shape index (κ2) is 7.22. The Bertz CT molecular complexity index is 764. The van der Waals surface area contributed by atoms with E-state index in [1.54, 1.807) is 13.3 Å². The second-order valence-corrected chi connectivity index (χ2v) is 4.82. The Morgan fingerprint density at radius 1 is 1.00 bits per heavy atom. The Balaban J connectivity index is 1.68. The molecule has 0 aliphatic carbocycles. The third kappa shape index (κ3) is 3.94. The Labute approximate surface area is 134 Å². The van der Waals surface area contributed by atoms with Crippen molar-refractivity contribution in [1.29, 1.82) is 0 Å². The zero-order valence-corrected chi connectivity index (χ0v) is 12.7. The van der Waals surface area contributed by atoms with Crippen molar-refractivity contribution in [3.05, 3.63) is 66.4 Å². The average Bonchev–Trinajstić information content (AvgIpc) is 2.61. The number of hydrogen-bond donors (Lipinski definition) is 2. The second-order valence-electron chi connectivity index (χ2n) is 4.82. The fraction of sp³-hybridized carbons (Fsp3) is 0.118. The third-order valence-corrected chi connectivity index (χ3v) is 3.23. The maximum atomic E-state index is 5.33. The van der Waals surface area contributed by atoms with Crippen LogP contribution < -0.4 is 15.4 Å². The van der Waals surface area contributed by atoms with Crippen LogP contribution in [0.5, 0.6) is 5.75 Å². The first kappa shape index (κ1) is 14.8. The molecule has 0 saturated carbocycles. The molecule has 1 heterocycles. The molecule has 0 spiro atoms. The van der Waals surface area contributed by atoms with E-state index >= 15 is 0 Å². The molecule has 0 amide bonds. The average molecular weight is 307 g/mol. The van der Waals surface area contributed by atoms with Gasteiger partial charge in [-0.1, -0.05) is 36.4 Å². The Morgan fingerprint density at radius 3 is 2.61 bits per heavy atom. The monoisotopic (exact) mass is 307 g/mol. The van der Waals surface area contributed by atoms with Crippen LogP contribution in [0.25, 0.3) is 0 Å². The fourth-order valence-electron chi connectivity index (χ4n) is 2.13. The lowest BCUT2D eigenvalue weighted by molar-refractivity contribution is 0.410. The minimum absolute atomic E-state index is 0.455. The standard InChI is InChI=1S/C17H17N5O/c1-23-15-10-6-5-7-13(15)11-18-17-21-16(12-19-22-17)20-14-8-3-2-4-9-14/h2-10,12H,11H2,1H3,(H2,18,20,21,22). The van der Waals surface area contributed by atoms with E-state index < -0.39 is 0 Å². The molecular formula is C17H17N5O. The van der Waals surface area contributed by atoms with Crippen molar-refractivity contribution in [2.45, 2.75) is 6.54 Å². The SMILES string of the molecule is COc1ccccc1CNc1nncc(Nc2ccccc2)n1. The van der Waals surface area contributed by atoms with Gasteiger partial charge in [-0.05, 0) is 18.2 Å². The van der Waals surface area contributed by atoms with Crippen molar-refractivity contribution in [3.8, 4) is 5.75 Å². The van der Waals surface area contributed by atoms with Crippen molar-refractivity contribution < 1.29 is 4.74 Å². The van der Waals surface area contributed by atoms with Gasteiger partial charge in [0.1, 0.15) is 5.75 Å². The lowest BCUT2D eigenvalue weighted by Crippen LogP contribution is -2.07. The highest BCUT2D eigenvalue weighted by Gasteiger charge is 2.04. The number of benzene rings is 2. The molecule has 23 heavy (non-hydrogen) atoms. The van der Waals surface area contributed by atoms with Crippen LogP contribution in [-0.2, 0) is 6.54 Å². The molecule has 116 valence electrons. The molecule has 0 radical (unpaired) electrons. The van der Waals surface area contributed by atoms with Crippen LogP contribution in [0.15, 0.2) is 60.8 Å². The Morgan fingerprint density at radius 2 is 1.78 bits per heavy atom. The van der Waals surface area contributed by atoms with Gasteiger partial charge in [-0.2, -0.15) is 10.1 Å². The van der Waals surface area contributed by atoms with E-state index in [0.717, 1.165) is 17.0 Å². The molecule has 6 nitrogen and oxygen atoms in total. The van der Waals surface area contributed by atoms with Gasteiger partial charge in [0, 0.05) is 17.8 Å². The van der Waals surface area contributed by atoms with Crippen LogP contribution in [0.4, 0.5) is 17.5 Å². The smallest absolute Gasteiger partial charge is 0.244 e. The number of aromatic nitrogens is 3. The van der Waals surface area contributed by atoms with E-state index in [9.17, 15) is 0 Å². The lowest BCUT2D eigenvalue weighted by atomic mass is 10.2. The van der Waals surface area contributed by atoms with Crippen LogP contribution in [0.3, 0.4) is 0 Å². The normalized spacial score (nSPS) is 10.1. The topological polar surface area (TPSA) is 72.0 Å². The van der Waals surface area contributed by atoms with Gasteiger partial charge < -0.3 is 15.4 Å². The van der Waals surface area contributed by atoms with Crippen molar-refractivity contribution in [1.82, 2.24) is 15.2 Å². The van der Waals surface area contributed by atoms with Gasteiger partial charge in [-0.25, -0.2) is 0 Å². The maximum absolute atomic E-state index is 5.33. The van der Waals surface area contributed by atoms with Crippen molar-refractivity contribution in [3.63, 3.8) is 0 Å². The molecule has 0 atom stereocenters. The first-order valence-electron chi connectivity index (χ1n) is 7.23. The largest absolute Gasteiger partial charge is 0.496 e. The van der Waals surface area contributed by atoms with Crippen molar-refractivity contribution >= 4 is 17.5 Å². The quantitative estimate of drug-likeness (QED) is 0.728. The van der Waals surface area contributed by atoms with Gasteiger partial charge in [0.2, 0.25) is 5.95 Å². The molecule has 0 aliphatic heterocycles. The molecule has 3 rings (SSSR count). The van der Waals surface area contributed by atoms with E-state index in [4.69, 9.17) is 4.74 Å². The van der Waals surface area contributed by atoms with Crippen molar-refractivity contribution in [2.75, 3.05) is 17.7 Å². The van der Waals surface area contributed by atoms with Gasteiger partial charge in [0.05, 0.1) is 13.3 Å². The predicted molar refractivity (Wildman–Crippen MR) is 89.9 cm³/mol. The van der Waals surface area contributed by atoms with E-state index in [2.05, 4.69) is 25.8 Å². The number of para-hydroxylation sites is 2. The minimum Gasteiger partial charge on any atom is -0.496 e. The summed E-state index contributed by atoms with van der Waals surface area (Å²) in [6.45, 7) is 0.556. The zero-order valence-electron chi connectivity index (χ0n) is 12.7. The molecule has 1 aromatic heterocycles. The van der Waals surface area contributed by atoms with Gasteiger partial charge in [0.15, 0.2) is 5.82 Å². The summed E-state index contributed by atoms with van der Waals surface area (Å²) >= 11 is 0. The zero-order chi connectivity index (χ0) is 15.9. The van der Waals surface area contributed by atoms with E-state index in [-0.39, 0.29) is 0 Å². The van der Waals surface area contributed by atoms with Crippen LogP contribution in [0, 0.1) is 0 Å². The van der Waals surface area contributed by atoms with Crippen LogP contribution >= 0.6 is 0 Å². The molecule has 0 fully saturated rings. The summed E-state index contributed by atoms with van der Waals surface area (Å²) in [5.74, 6) is 1.91. The molecule has 0 unspecified atom stereocenters. The number of hydrogen-bond acceptors (Lipinski definition) is 6. The summed E-state index contributed by atoms with van der Waals surface area (Å²) in [4.78, 5) is 4.40. The molecule has 0 aliphatic rings. The van der Waals surface area contributed by atoms with Crippen LogP contribution in [-0.4, -0.2) is 22.3 Å². The summed E-state index contributed by atoms with van der Waals surface area (Å²) in [6, 6.07) is 17.6. The molecule has 2 N–H and O–H groups in total. The third-order valence-electron chi connectivity index (χ3n) is 3.23. The predicted octanol–water partition coefficient (Wildman–Crippen LogP) is 3.24. The van der Waals surface area contributed by atoms with Crippen molar-refractivity contribution in [2.24, 2.45) is 0 Å². The summed E-state index contributed by atoms with van der Waals surface area (Å²) in [6.07, 6.45) is 1.58. The van der Waals surface area contributed by atoms with E-state index in [1.807, 2.05) is 54.6 Å². The molecule has 6 heteroatoms. The van der Waals surface area contributed by atoms with Gasteiger partial charge >= 0.3 is 0 Å². The number of nitrogens with zero attached hydrogens (tertiary/aromatic N) is 3. The number of rotatable bonds is 6. The summed E-state index contributed by atoms with van der Waals surface area (Å²) in [5.41, 5.74) is 1.98. The van der Waals surface area contributed by atoms with Gasteiger partial charge in [0.25, 0.3) is 0 Å². The van der Waals surface area contributed by atoms with E-state index in [1.165, 1.54) is 0 Å². The highest BCUT2D eigenvalue weighted by Crippen LogP contribution is 2.18. The van der Waals surface area contributed by atoms with Crippen LogP contribution in [0.1, 0.15) is 5.56 Å². The Kier molecular flexibility index (Phi) is 4.63. The number of anilines is 3.